The molecule has 1 atom stereocenters. The molecule has 0 bridgehead atoms. The van der Waals surface area contributed by atoms with Gasteiger partial charge in [-0.05, 0) is 69.2 Å². The van der Waals surface area contributed by atoms with Crippen molar-refractivity contribution in [2.45, 2.75) is 58.2 Å². The third kappa shape index (κ3) is 4.63. The van der Waals surface area contributed by atoms with Crippen LogP contribution in [0.25, 0.3) is 22.4 Å². The number of pyridine rings is 2. The van der Waals surface area contributed by atoms with Crippen molar-refractivity contribution in [3.05, 3.63) is 60.5 Å². The Kier molecular flexibility index (Phi) is 6.33. The number of amides is 1. The Morgan fingerprint density at radius 3 is 2.61 bits per heavy atom. The molecule has 1 saturated carbocycles. The summed E-state index contributed by atoms with van der Waals surface area (Å²) >= 11 is 0. The van der Waals surface area contributed by atoms with Crippen molar-refractivity contribution in [1.82, 2.24) is 29.5 Å². The van der Waals surface area contributed by atoms with Crippen LogP contribution >= 0.6 is 0 Å². The lowest BCUT2D eigenvalue weighted by atomic mass is 9.71. The van der Waals surface area contributed by atoms with Gasteiger partial charge in [-0.2, -0.15) is 4.39 Å². The zero-order chi connectivity index (χ0) is 26.4. The molecule has 4 aromatic heterocycles. The largest absolute Gasteiger partial charge is 0.328 e. The normalized spacial score (nSPS) is 21.8. The topological polar surface area (TPSA) is 89.7 Å². The first kappa shape index (κ1) is 24.5. The zero-order valence-electron chi connectivity index (χ0n) is 21.4. The minimum Gasteiger partial charge on any atom is -0.328 e. The number of halogens is 2. The van der Waals surface area contributed by atoms with Crippen LogP contribution in [0.2, 0.25) is 0 Å². The number of hydrogen-bond acceptors (Lipinski definition) is 6. The Morgan fingerprint density at radius 2 is 1.89 bits per heavy atom. The fraction of sp³-hybridized carbons (Fsp3) is 0.429. The minimum absolute atomic E-state index is 0.0738. The van der Waals surface area contributed by atoms with E-state index >= 15 is 0 Å². The van der Waals surface area contributed by atoms with E-state index in [-0.39, 0.29) is 23.4 Å². The van der Waals surface area contributed by atoms with Gasteiger partial charge in [0.25, 0.3) is 0 Å². The van der Waals surface area contributed by atoms with Crippen molar-refractivity contribution in [3.63, 3.8) is 0 Å². The highest BCUT2D eigenvalue weighted by Gasteiger charge is 2.39. The highest BCUT2D eigenvalue weighted by Crippen LogP contribution is 2.41. The van der Waals surface area contributed by atoms with Crippen LogP contribution in [0.5, 0.6) is 0 Å². The van der Waals surface area contributed by atoms with Crippen LogP contribution in [0.3, 0.4) is 0 Å². The molecule has 0 spiro atoms. The summed E-state index contributed by atoms with van der Waals surface area (Å²) in [6.07, 6.45) is 7.20. The molecule has 38 heavy (non-hydrogen) atoms. The molecular formula is C28H29F2N7O. The number of fused-ring (bicyclic) bond motifs is 1. The van der Waals surface area contributed by atoms with Crippen molar-refractivity contribution in [2.75, 3.05) is 11.4 Å². The molecule has 2 aliphatic rings. The number of aromatic nitrogens is 6. The number of nitrogens with zero attached hydrogens (tertiary/aromatic N) is 7. The van der Waals surface area contributed by atoms with Gasteiger partial charge in [-0.1, -0.05) is 0 Å². The van der Waals surface area contributed by atoms with Crippen molar-refractivity contribution < 1.29 is 13.6 Å². The first-order valence-corrected chi connectivity index (χ1v) is 13.1. The summed E-state index contributed by atoms with van der Waals surface area (Å²) in [6.45, 7) is 4.65. The third-order valence-electron chi connectivity index (χ3n) is 7.75. The molecule has 196 valence electrons. The number of rotatable bonds is 6. The van der Waals surface area contributed by atoms with Gasteiger partial charge < -0.3 is 9.47 Å². The maximum Gasteiger partial charge on any atom is 0.241 e. The summed E-state index contributed by atoms with van der Waals surface area (Å²) in [5.74, 6) is 0.609. The predicted molar refractivity (Wildman–Crippen MR) is 139 cm³/mol. The SMILES string of the molecule is CC(C)n1cnc2c(F)nc(-c3ccnc(Cc4ccc(N5CCC(C6CC(F)C6)CC5=O)cn4)n3)cc21. The molecule has 5 heterocycles. The number of piperidine rings is 1. The predicted octanol–water partition coefficient (Wildman–Crippen LogP) is 5.09. The van der Waals surface area contributed by atoms with E-state index in [9.17, 15) is 13.6 Å². The molecule has 1 aliphatic carbocycles. The Balaban J connectivity index is 1.16. The van der Waals surface area contributed by atoms with Crippen LogP contribution in [0, 0.1) is 17.8 Å². The maximum absolute atomic E-state index is 14.7. The maximum atomic E-state index is 14.7. The van der Waals surface area contributed by atoms with Crippen LogP contribution in [-0.4, -0.2) is 48.1 Å². The van der Waals surface area contributed by atoms with E-state index in [1.165, 1.54) is 0 Å². The second-order valence-corrected chi connectivity index (χ2v) is 10.6. The number of alkyl halides is 1. The molecule has 0 radical (unpaired) electrons. The molecule has 10 heteroatoms. The lowest BCUT2D eigenvalue weighted by Crippen LogP contribution is -2.43. The van der Waals surface area contributed by atoms with Crippen LogP contribution in [0.15, 0.2) is 43.0 Å². The molecule has 4 aromatic rings. The van der Waals surface area contributed by atoms with E-state index in [4.69, 9.17) is 0 Å². The lowest BCUT2D eigenvalue weighted by molar-refractivity contribution is -0.122. The van der Waals surface area contributed by atoms with Gasteiger partial charge >= 0.3 is 0 Å². The van der Waals surface area contributed by atoms with Gasteiger partial charge in [-0.25, -0.2) is 24.3 Å². The Morgan fingerprint density at radius 1 is 1.05 bits per heavy atom. The number of anilines is 1. The summed E-state index contributed by atoms with van der Waals surface area (Å²) in [7, 11) is 0. The lowest BCUT2D eigenvalue weighted by Gasteiger charge is -2.40. The van der Waals surface area contributed by atoms with Crippen molar-refractivity contribution >= 4 is 22.6 Å². The van der Waals surface area contributed by atoms with E-state index in [1.54, 1.807) is 35.8 Å². The fourth-order valence-corrected chi connectivity index (χ4v) is 5.51. The second kappa shape index (κ2) is 9.81. The Bertz CT molecular complexity index is 1480. The average Bonchev–Trinajstić information content (AvgIpc) is 3.33. The Labute approximate surface area is 219 Å². The van der Waals surface area contributed by atoms with Crippen molar-refractivity contribution in [3.8, 4) is 11.4 Å². The standard InChI is InChI=1S/C28H29F2N7O/c1-16(2)37-15-33-27-24(37)13-23(35-28(27)30)22-5-7-31-25(34-22)12-20-3-4-21(14-32-20)36-8-6-17(11-26(36)38)18-9-19(29)10-18/h3-5,7,13-19H,6,8-12H2,1-2H3. The molecule has 1 saturated heterocycles. The second-order valence-electron chi connectivity index (χ2n) is 10.6. The Hall–Kier alpha value is -3.82. The van der Waals surface area contributed by atoms with Gasteiger partial charge in [0.2, 0.25) is 11.9 Å². The molecule has 6 rings (SSSR count). The summed E-state index contributed by atoms with van der Waals surface area (Å²) in [5.41, 5.74) is 3.35. The molecule has 1 unspecified atom stereocenters. The number of carbonyl (C=O) groups is 1. The molecule has 1 aliphatic heterocycles. The van der Waals surface area contributed by atoms with E-state index in [0.717, 1.165) is 17.8 Å². The molecule has 0 aromatic carbocycles. The number of carbonyl (C=O) groups excluding carboxylic acids is 1. The van der Waals surface area contributed by atoms with Gasteiger partial charge in [-0.3, -0.25) is 9.78 Å². The first-order chi connectivity index (χ1) is 18.4. The summed E-state index contributed by atoms with van der Waals surface area (Å²) in [4.78, 5) is 36.3. The minimum atomic E-state index is -0.690. The third-order valence-corrected chi connectivity index (χ3v) is 7.75. The first-order valence-electron chi connectivity index (χ1n) is 13.1. The summed E-state index contributed by atoms with van der Waals surface area (Å²) in [6, 6.07) is 7.39. The summed E-state index contributed by atoms with van der Waals surface area (Å²) < 4.78 is 29.8. The van der Waals surface area contributed by atoms with Gasteiger partial charge in [-0.15, -0.1) is 0 Å². The van der Waals surface area contributed by atoms with Crippen molar-refractivity contribution in [2.24, 2.45) is 11.8 Å². The highest BCUT2D eigenvalue weighted by molar-refractivity contribution is 5.94. The van der Waals surface area contributed by atoms with Crippen LogP contribution in [0.4, 0.5) is 14.5 Å². The smallest absolute Gasteiger partial charge is 0.241 e. The van der Waals surface area contributed by atoms with Crippen LogP contribution < -0.4 is 4.90 Å². The van der Waals surface area contributed by atoms with E-state index in [1.807, 2.05) is 30.5 Å². The zero-order valence-corrected chi connectivity index (χ0v) is 21.4. The van der Waals surface area contributed by atoms with Crippen molar-refractivity contribution in [1.29, 1.82) is 0 Å². The average molecular weight is 518 g/mol. The monoisotopic (exact) mass is 517 g/mol. The summed E-state index contributed by atoms with van der Waals surface area (Å²) in [5, 5.41) is 0. The fourth-order valence-electron chi connectivity index (χ4n) is 5.51. The van der Waals surface area contributed by atoms with E-state index in [2.05, 4.69) is 24.9 Å². The van der Waals surface area contributed by atoms with Crippen LogP contribution in [-0.2, 0) is 11.2 Å². The molecule has 8 nitrogen and oxygen atoms in total. The highest BCUT2D eigenvalue weighted by atomic mass is 19.1. The quantitative estimate of drug-likeness (QED) is 0.331. The van der Waals surface area contributed by atoms with Gasteiger partial charge in [0.05, 0.1) is 41.5 Å². The number of imidazole rings is 1. The van der Waals surface area contributed by atoms with E-state index in [0.29, 0.717) is 60.9 Å². The molecule has 1 amide bonds. The van der Waals surface area contributed by atoms with Crippen LogP contribution in [0.1, 0.15) is 57.1 Å². The van der Waals surface area contributed by atoms with Gasteiger partial charge in [0.1, 0.15) is 17.5 Å². The molecule has 0 N–H and O–H groups in total. The van der Waals surface area contributed by atoms with E-state index < -0.39 is 12.1 Å². The number of hydrogen-bond donors (Lipinski definition) is 0. The molecular weight excluding hydrogens is 488 g/mol. The molecule has 2 fully saturated rings. The van der Waals surface area contributed by atoms with Gasteiger partial charge in [0.15, 0.2) is 0 Å². The van der Waals surface area contributed by atoms with Gasteiger partial charge in [0, 0.05) is 30.9 Å².